The zero-order valence-corrected chi connectivity index (χ0v) is 10.3. The number of ether oxygens (including phenoxy) is 1. The Morgan fingerprint density at radius 1 is 1.59 bits per heavy atom. The van der Waals surface area contributed by atoms with Gasteiger partial charge in [-0.1, -0.05) is 6.92 Å². The second-order valence-corrected chi connectivity index (χ2v) is 4.76. The van der Waals surface area contributed by atoms with Gasteiger partial charge in [-0.15, -0.1) is 0 Å². The molecule has 1 aliphatic heterocycles. The maximum atomic E-state index is 12.1. The van der Waals surface area contributed by atoms with Crippen LogP contribution in [0.25, 0.3) is 0 Å². The molecule has 0 aromatic carbocycles. The lowest BCUT2D eigenvalue weighted by Crippen LogP contribution is -2.59. The number of amides is 1. The van der Waals surface area contributed by atoms with E-state index in [9.17, 15) is 14.7 Å². The van der Waals surface area contributed by atoms with E-state index < -0.39 is 16.9 Å². The average molecular weight is 244 g/mol. The molecule has 1 fully saturated rings. The first-order valence-electron chi connectivity index (χ1n) is 5.74. The molecule has 1 aliphatic rings. The number of hydrogen-bond donors (Lipinski definition) is 3. The zero-order chi connectivity index (χ0) is 13.1. The van der Waals surface area contributed by atoms with E-state index in [1.165, 1.54) is 0 Å². The first-order chi connectivity index (χ1) is 7.90. The number of aliphatic carboxylic acids is 1. The number of carboxylic acid groups (broad SMARTS) is 1. The molecule has 0 aromatic heterocycles. The van der Waals surface area contributed by atoms with Crippen LogP contribution in [-0.4, -0.2) is 42.3 Å². The van der Waals surface area contributed by atoms with Gasteiger partial charge >= 0.3 is 5.97 Å². The largest absolute Gasteiger partial charge is 0.479 e. The van der Waals surface area contributed by atoms with Gasteiger partial charge in [-0.3, -0.25) is 4.79 Å². The van der Waals surface area contributed by atoms with Gasteiger partial charge in [0, 0.05) is 19.6 Å². The Hall–Kier alpha value is -1.14. The van der Waals surface area contributed by atoms with E-state index in [1.807, 2.05) is 6.92 Å². The summed E-state index contributed by atoms with van der Waals surface area (Å²) in [4.78, 5) is 23.3. The van der Waals surface area contributed by atoms with Gasteiger partial charge in [0.1, 0.15) is 0 Å². The molecule has 0 spiro atoms. The van der Waals surface area contributed by atoms with Gasteiger partial charge < -0.3 is 20.9 Å². The monoisotopic (exact) mass is 244 g/mol. The highest BCUT2D eigenvalue weighted by Crippen LogP contribution is 2.24. The molecule has 1 rings (SSSR count). The highest BCUT2D eigenvalue weighted by Gasteiger charge is 2.46. The number of rotatable bonds is 5. The molecular weight excluding hydrogens is 224 g/mol. The summed E-state index contributed by atoms with van der Waals surface area (Å²) in [5, 5.41) is 11.8. The summed E-state index contributed by atoms with van der Waals surface area (Å²) in [5.41, 5.74) is 3.55. The summed E-state index contributed by atoms with van der Waals surface area (Å²) in [6.45, 7) is 4.13. The summed E-state index contributed by atoms with van der Waals surface area (Å²) in [6, 6.07) is 0. The summed E-state index contributed by atoms with van der Waals surface area (Å²) >= 11 is 0. The number of carbonyl (C=O) groups excluding carboxylic acids is 1. The lowest BCUT2D eigenvalue weighted by Gasteiger charge is -2.31. The fraction of sp³-hybridized carbons (Fsp3) is 0.818. The highest BCUT2D eigenvalue weighted by atomic mass is 16.5. The quantitative estimate of drug-likeness (QED) is 0.617. The smallest absolute Gasteiger partial charge is 0.331 e. The Kier molecular flexibility index (Phi) is 4.11. The van der Waals surface area contributed by atoms with Gasteiger partial charge in [-0.2, -0.15) is 0 Å². The van der Waals surface area contributed by atoms with Crippen molar-refractivity contribution in [2.75, 3.05) is 19.8 Å². The Bertz CT molecular complexity index is 307. The standard InChI is InChI=1S/C11H20N2O4/c1-3-10(2,6-12)8(14)13-11(9(15)16)4-5-17-7-11/h3-7,12H2,1-2H3,(H,13,14)(H,15,16). The molecule has 0 aromatic rings. The van der Waals surface area contributed by atoms with Crippen LogP contribution in [0.4, 0.5) is 0 Å². The van der Waals surface area contributed by atoms with Crippen molar-refractivity contribution >= 4 is 11.9 Å². The Balaban J connectivity index is 2.82. The predicted molar refractivity (Wildman–Crippen MR) is 61.4 cm³/mol. The minimum absolute atomic E-state index is 0.0123. The third-order valence-electron chi connectivity index (χ3n) is 3.56. The summed E-state index contributed by atoms with van der Waals surface area (Å²) in [6.07, 6.45) is 0.852. The second kappa shape index (κ2) is 5.01. The third-order valence-corrected chi connectivity index (χ3v) is 3.56. The molecule has 2 atom stereocenters. The van der Waals surface area contributed by atoms with E-state index >= 15 is 0 Å². The van der Waals surface area contributed by atoms with Crippen molar-refractivity contribution in [1.29, 1.82) is 0 Å². The Morgan fingerprint density at radius 2 is 2.24 bits per heavy atom. The van der Waals surface area contributed by atoms with Crippen molar-refractivity contribution in [3.05, 3.63) is 0 Å². The van der Waals surface area contributed by atoms with Crippen molar-refractivity contribution in [2.45, 2.75) is 32.2 Å². The molecule has 0 bridgehead atoms. The molecule has 2 unspecified atom stereocenters. The topological polar surface area (TPSA) is 102 Å². The zero-order valence-electron chi connectivity index (χ0n) is 10.3. The second-order valence-electron chi connectivity index (χ2n) is 4.76. The summed E-state index contributed by atoms with van der Waals surface area (Å²) < 4.78 is 5.08. The van der Waals surface area contributed by atoms with Gasteiger partial charge in [0.25, 0.3) is 0 Å². The molecule has 6 heteroatoms. The minimum atomic E-state index is -1.29. The Labute approximate surface area is 101 Å². The van der Waals surface area contributed by atoms with Crippen molar-refractivity contribution in [2.24, 2.45) is 11.1 Å². The van der Waals surface area contributed by atoms with Crippen LogP contribution in [0, 0.1) is 5.41 Å². The van der Waals surface area contributed by atoms with Crippen molar-refractivity contribution in [1.82, 2.24) is 5.32 Å². The highest BCUT2D eigenvalue weighted by molar-refractivity contribution is 5.90. The fourth-order valence-corrected chi connectivity index (χ4v) is 1.65. The number of hydrogen-bond acceptors (Lipinski definition) is 4. The van der Waals surface area contributed by atoms with E-state index in [1.54, 1.807) is 6.92 Å². The van der Waals surface area contributed by atoms with Gasteiger partial charge in [0.2, 0.25) is 5.91 Å². The van der Waals surface area contributed by atoms with E-state index in [4.69, 9.17) is 10.5 Å². The van der Waals surface area contributed by atoms with Crippen LogP contribution in [0.5, 0.6) is 0 Å². The average Bonchev–Trinajstić information content (AvgIpc) is 2.77. The van der Waals surface area contributed by atoms with Crippen LogP contribution < -0.4 is 11.1 Å². The van der Waals surface area contributed by atoms with Gasteiger partial charge in [-0.25, -0.2) is 4.79 Å². The minimum Gasteiger partial charge on any atom is -0.479 e. The lowest BCUT2D eigenvalue weighted by atomic mass is 9.85. The first kappa shape index (κ1) is 13.9. The van der Waals surface area contributed by atoms with E-state index in [0.29, 0.717) is 19.4 Å². The predicted octanol–water partition coefficient (Wildman–Crippen LogP) is -0.279. The maximum absolute atomic E-state index is 12.1. The third kappa shape index (κ3) is 2.58. The first-order valence-corrected chi connectivity index (χ1v) is 5.74. The number of carbonyl (C=O) groups is 2. The molecule has 0 aliphatic carbocycles. The van der Waals surface area contributed by atoms with Crippen LogP contribution in [0.3, 0.4) is 0 Å². The van der Waals surface area contributed by atoms with Crippen molar-refractivity contribution < 1.29 is 19.4 Å². The molecular formula is C11H20N2O4. The molecule has 17 heavy (non-hydrogen) atoms. The lowest BCUT2D eigenvalue weighted by molar-refractivity contribution is -0.149. The normalized spacial score (nSPS) is 27.5. The summed E-state index contributed by atoms with van der Waals surface area (Å²) in [7, 11) is 0. The van der Waals surface area contributed by atoms with Gasteiger partial charge in [-0.05, 0) is 13.3 Å². The molecule has 0 saturated carbocycles. The van der Waals surface area contributed by atoms with Crippen LogP contribution in [0.1, 0.15) is 26.7 Å². The van der Waals surface area contributed by atoms with Crippen molar-refractivity contribution in [3.8, 4) is 0 Å². The summed E-state index contributed by atoms with van der Waals surface area (Å²) in [5.74, 6) is -1.38. The molecule has 0 radical (unpaired) electrons. The maximum Gasteiger partial charge on any atom is 0.331 e. The van der Waals surface area contributed by atoms with Crippen LogP contribution >= 0.6 is 0 Å². The van der Waals surface area contributed by atoms with Crippen molar-refractivity contribution in [3.63, 3.8) is 0 Å². The Morgan fingerprint density at radius 3 is 2.59 bits per heavy atom. The molecule has 1 saturated heterocycles. The van der Waals surface area contributed by atoms with Gasteiger partial charge in [0.05, 0.1) is 12.0 Å². The van der Waals surface area contributed by atoms with E-state index in [-0.39, 0.29) is 19.1 Å². The van der Waals surface area contributed by atoms with E-state index in [2.05, 4.69) is 5.32 Å². The molecule has 1 amide bonds. The number of carboxylic acids is 1. The SMILES string of the molecule is CCC(C)(CN)C(=O)NC1(C(=O)O)CCOC1. The number of nitrogens with one attached hydrogen (secondary N) is 1. The molecule has 1 heterocycles. The molecule has 4 N–H and O–H groups in total. The van der Waals surface area contributed by atoms with Crippen LogP contribution in [0.2, 0.25) is 0 Å². The van der Waals surface area contributed by atoms with E-state index in [0.717, 1.165) is 0 Å². The molecule has 98 valence electrons. The fourth-order valence-electron chi connectivity index (χ4n) is 1.65. The molecule has 6 nitrogen and oxygen atoms in total. The number of nitrogens with two attached hydrogens (primary N) is 1. The van der Waals surface area contributed by atoms with Crippen LogP contribution in [-0.2, 0) is 14.3 Å². The van der Waals surface area contributed by atoms with Crippen LogP contribution in [0.15, 0.2) is 0 Å². The van der Waals surface area contributed by atoms with Gasteiger partial charge in [0.15, 0.2) is 5.54 Å².